The summed E-state index contributed by atoms with van der Waals surface area (Å²) < 4.78 is 7.82. The number of amides is 1. The summed E-state index contributed by atoms with van der Waals surface area (Å²) in [5, 5.41) is 11.8. The molecule has 1 saturated carbocycles. The number of benzene rings is 1. The van der Waals surface area contributed by atoms with Crippen LogP contribution in [-0.4, -0.2) is 70.3 Å². The van der Waals surface area contributed by atoms with E-state index in [1.165, 1.54) is 29.5 Å². The Morgan fingerprint density at radius 2 is 2.03 bits per heavy atom. The molecule has 2 fully saturated rings. The topological polar surface area (TPSA) is 70.8 Å². The van der Waals surface area contributed by atoms with Gasteiger partial charge in [-0.2, -0.15) is 0 Å². The quantitative estimate of drug-likeness (QED) is 0.613. The maximum atomic E-state index is 13.1. The molecule has 2 aromatic heterocycles. The van der Waals surface area contributed by atoms with Crippen LogP contribution in [-0.2, 0) is 12.5 Å². The summed E-state index contributed by atoms with van der Waals surface area (Å²) >= 11 is 0. The van der Waals surface area contributed by atoms with Crippen molar-refractivity contribution in [3.05, 3.63) is 59.5 Å². The van der Waals surface area contributed by atoms with Gasteiger partial charge in [0.15, 0.2) is 0 Å². The summed E-state index contributed by atoms with van der Waals surface area (Å²) in [5.41, 5.74) is 4.36. The maximum absolute atomic E-state index is 13.1. The molecule has 3 aliphatic rings. The first-order chi connectivity index (χ1) is 17.0. The Bertz CT molecular complexity index is 1240. The van der Waals surface area contributed by atoms with Gasteiger partial charge in [-0.3, -0.25) is 14.7 Å². The van der Waals surface area contributed by atoms with E-state index in [1.807, 2.05) is 23.1 Å². The van der Waals surface area contributed by atoms with E-state index in [9.17, 15) is 9.90 Å². The molecule has 0 radical (unpaired) electrons. The smallest absolute Gasteiger partial charge is 0.255 e. The Hall–Kier alpha value is -2.90. The van der Waals surface area contributed by atoms with Crippen LogP contribution in [0.4, 0.5) is 0 Å². The molecule has 2 aliphatic heterocycles. The second kappa shape index (κ2) is 8.64. The minimum Gasteiger partial charge on any atom is -0.497 e. The number of pyridine rings is 1. The number of piperidine rings is 1. The van der Waals surface area contributed by atoms with Gasteiger partial charge in [0.25, 0.3) is 5.91 Å². The SMILES string of the molecule is COc1ccc2c3c(n(C)c2c1)[C@H](CO)N(CC1CC1)CC31CCN(C(=O)c2cccnc2)CC1. The van der Waals surface area contributed by atoms with Crippen molar-refractivity contribution < 1.29 is 14.6 Å². The van der Waals surface area contributed by atoms with Crippen LogP contribution in [0.1, 0.15) is 53.3 Å². The molecule has 0 bridgehead atoms. The summed E-state index contributed by atoms with van der Waals surface area (Å²) in [4.78, 5) is 21.8. The monoisotopic (exact) mass is 474 g/mol. The number of fused-ring (bicyclic) bond motifs is 4. The summed E-state index contributed by atoms with van der Waals surface area (Å²) in [6.45, 7) is 3.53. The highest BCUT2D eigenvalue weighted by Crippen LogP contribution is 2.51. The summed E-state index contributed by atoms with van der Waals surface area (Å²) in [7, 11) is 3.83. The molecule has 1 aliphatic carbocycles. The average molecular weight is 475 g/mol. The number of hydrogen-bond acceptors (Lipinski definition) is 5. The Morgan fingerprint density at radius 1 is 1.23 bits per heavy atom. The third kappa shape index (κ3) is 3.72. The van der Waals surface area contributed by atoms with Crippen molar-refractivity contribution in [3.63, 3.8) is 0 Å². The predicted octanol–water partition coefficient (Wildman–Crippen LogP) is 3.51. The molecule has 35 heavy (non-hydrogen) atoms. The first kappa shape index (κ1) is 22.6. The number of carbonyl (C=O) groups is 1. The van der Waals surface area contributed by atoms with Crippen molar-refractivity contribution in [2.75, 3.05) is 39.9 Å². The molecule has 1 N–H and O–H groups in total. The van der Waals surface area contributed by atoms with Crippen LogP contribution < -0.4 is 4.74 Å². The molecule has 7 heteroatoms. The third-order valence-corrected chi connectivity index (χ3v) is 8.52. The first-order valence-electron chi connectivity index (χ1n) is 12.8. The first-order valence-corrected chi connectivity index (χ1v) is 12.8. The van der Waals surface area contributed by atoms with Gasteiger partial charge in [0, 0.05) is 68.2 Å². The van der Waals surface area contributed by atoms with E-state index in [0.717, 1.165) is 56.2 Å². The largest absolute Gasteiger partial charge is 0.497 e. The highest BCUT2D eigenvalue weighted by Gasteiger charge is 2.49. The van der Waals surface area contributed by atoms with Crippen LogP contribution in [0.2, 0.25) is 0 Å². The van der Waals surface area contributed by atoms with Crippen molar-refractivity contribution in [2.45, 2.75) is 37.1 Å². The van der Waals surface area contributed by atoms with Gasteiger partial charge in [-0.15, -0.1) is 0 Å². The van der Waals surface area contributed by atoms with Gasteiger partial charge in [0.1, 0.15) is 5.75 Å². The van der Waals surface area contributed by atoms with Crippen LogP contribution in [0.3, 0.4) is 0 Å². The molecule has 4 heterocycles. The van der Waals surface area contributed by atoms with Crippen LogP contribution >= 0.6 is 0 Å². The number of ether oxygens (including phenoxy) is 1. The molecule has 1 spiro atoms. The molecule has 1 amide bonds. The Balaban J connectivity index is 1.41. The van der Waals surface area contributed by atoms with Crippen LogP contribution in [0.25, 0.3) is 10.9 Å². The predicted molar refractivity (Wildman–Crippen MR) is 135 cm³/mol. The Kier molecular flexibility index (Phi) is 5.57. The molecule has 7 nitrogen and oxygen atoms in total. The molecule has 1 atom stereocenters. The highest BCUT2D eigenvalue weighted by molar-refractivity contribution is 5.94. The molecule has 1 saturated heterocycles. The summed E-state index contributed by atoms with van der Waals surface area (Å²) in [5.74, 6) is 1.65. The van der Waals surface area contributed by atoms with Gasteiger partial charge in [-0.05, 0) is 61.4 Å². The zero-order chi connectivity index (χ0) is 24.2. The fourth-order valence-electron chi connectivity index (χ4n) is 6.50. The van der Waals surface area contributed by atoms with Gasteiger partial charge in [0.05, 0.1) is 30.8 Å². The van der Waals surface area contributed by atoms with E-state index < -0.39 is 0 Å². The zero-order valence-corrected chi connectivity index (χ0v) is 20.6. The summed E-state index contributed by atoms with van der Waals surface area (Å²) in [6, 6.07) is 10.0. The Morgan fingerprint density at radius 3 is 2.69 bits per heavy atom. The fraction of sp³-hybridized carbons (Fsp3) is 0.500. The maximum Gasteiger partial charge on any atom is 0.255 e. The molecular weight excluding hydrogens is 440 g/mol. The number of rotatable bonds is 5. The second-order valence-electron chi connectivity index (χ2n) is 10.6. The van der Waals surface area contributed by atoms with Gasteiger partial charge in [-0.25, -0.2) is 0 Å². The number of aliphatic hydroxyl groups excluding tert-OH is 1. The van der Waals surface area contributed by atoms with E-state index in [2.05, 4.69) is 33.6 Å². The lowest BCUT2D eigenvalue weighted by atomic mass is 9.68. The normalized spacial score (nSPS) is 21.9. The Labute approximate surface area is 206 Å². The standard InChI is InChI=1S/C28H34N4O3/c1-30-23-14-21(35-2)7-8-22(23)25-26(30)24(17-33)32(16-19-5-6-19)18-28(25)9-12-31(13-10-28)27(34)20-4-3-11-29-15-20/h3-4,7-8,11,14-15,19,24,33H,5-6,9-10,12-13,16-18H2,1-2H3/t24-/m0/s1. The summed E-state index contributed by atoms with van der Waals surface area (Å²) in [6.07, 6.45) is 7.76. The van der Waals surface area contributed by atoms with E-state index in [-0.39, 0.29) is 24.0 Å². The number of aromatic nitrogens is 2. The van der Waals surface area contributed by atoms with Crippen molar-refractivity contribution >= 4 is 16.8 Å². The fourth-order valence-corrected chi connectivity index (χ4v) is 6.50. The highest BCUT2D eigenvalue weighted by atomic mass is 16.5. The minimum absolute atomic E-state index is 0.00493. The van der Waals surface area contributed by atoms with Crippen molar-refractivity contribution in [1.82, 2.24) is 19.4 Å². The third-order valence-electron chi connectivity index (χ3n) is 8.52. The van der Waals surface area contributed by atoms with Gasteiger partial charge in [-0.1, -0.05) is 0 Å². The number of methoxy groups -OCH3 is 1. The number of hydrogen-bond donors (Lipinski definition) is 1. The van der Waals surface area contributed by atoms with E-state index in [4.69, 9.17) is 4.74 Å². The van der Waals surface area contributed by atoms with E-state index in [0.29, 0.717) is 5.56 Å². The molecule has 3 aromatic rings. The lowest BCUT2D eigenvalue weighted by Crippen LogP contribution is -2.55. The van der Waals surface area contributed by atoms with E-state index >= 15 is 0 Å². The van der Waals surface area contributed by atoms with Crippen LogP contribution in [0.5, 0.6) is 5.75 Å². The van der Waals surface area contributed by atoms with Crippen molar-refractivity contribution in [1.29, 1.82) is 0 Å². The number of likely N-dealkylation sites (tertiary alicyclic amines) is 1. The second-order valence-corrected chi connectivity index (χ2v) is 10.6. The molecular formula is C28H34N4O3. The molecule has 184 valence electrons. The lowest BCUT2D eigenvalue weighted by molar-refractivity contribution is 0.0390. The lowest BCUT2D eigenvalue weighted by Gasteiger charge is -2.50. The molecule has 1 aromatic carbocycles. The number of nitrogens with zero attached hydrogens (tertiary/aromatic N) is 4. The van der Waals surface area contributed by atoms with Gasteiger partial charge < -0.3 is 19.3 Å². The molecule has 6 rings (SSSR count). The van der Waals surface area contributed by atoms with Crippen LogP contribution in [0.15, 0.2) is 42.7 Å². The van der Waals surface area contributed by atoms with Gasteiger partial charge in [0.2, 0.25) is 0 Å². The average Bonchev–Trinajstić information content (AvgIpc) is 3.67. The zero-order valence-electron chi connectivity index (χ0n) is 20.6. The molecule has 0 unspecified atom stereocenters. The van der Waals surface area contributed by atoms with Crippen molar-refractivity contribution in [2.24, 2.45) is 13.0 Å². The van der Waals surface area contributed by atoms with Crippen LogP contribution in [0, 0.1) is 5.92 Å². The number of aliphatic hydroxyl groups is 1. The number of aryl methyl sites for hydroxylation is 1. The van der Waals surface area contributed by atoms with Gasteiger partial charge >= 0.3 is 0 Å². The van der Waals surface area contributed by atoms with E-state index in [1.54, 1.807) is 19.5 Å². The number of carbonyl (C=O) groups excluding carboxylic acids is 1. The minimum atomic E-state index is -0.0459. The van der Waals surface area contributed by atoms with Crippen molar-refractivity contribution in [3.8, 4) is 5.75 Å².